The third-order valence-electron chi connectivity index (χ3n) is 8.10. The molecule has 3 fully saturated rings. The minimum absolute atomic E-state index is 0.0438. The first-order chi connectivity index (χ1) is 11.3. The van der Waals surface area contributed by atoms with E-state index in [2.05, 4.69) is 19.9 Å². The van der Waals surface area contributed by atoms with Crippen LogP contribution in [0.15, 0.2) is 11.6 Å². The standard InChI is InChI=1S/C21H30O3/c1-13(22)24-15-8-10-20(2)14(12-15)4-5-16-17-6-7-19(23)21(17,3)11-9-18(16)20/h4,15-18H,5-12H2,1-3H3/t15-,16-,17-,18-,20-,21+/m0/s1. The van der Waals surface area contributed by atoms with Gasteiger partial charge >= 0.3 is 5.97 Å². The molecule has 0 radical (unpaired) electrons. The fourth-order valence-corrected chi connectivity index (χ4v) is 6.73. The molecule has 3 nitrogen and oxygen atoms in total. The highest BCUT2D eigenvalue weighted by Gasteiger charge is 2.58. The number of fused-ring (bicyclic) bond motifs is 5. The Labute approximate surface area is 145 Å². The Morgan fingerprint density at radius 3 is 2.58 bits per heavy atom. The second-order valence-corrected chi connectivity index (χ2v) is 9.15. The summed E-state index contributed by atoms with van der Waals surface area (Å²) in [6.45, 7) is 6.19. The monoisotopic (exact) mass is 330 g/mol. The molecule has 3 heteroatoms. The Morgan fingerprint density at radius 2 is 1.83 bits per heavy atom. The van der Waals surface area contributed by atoms with Crippen LogP contribution in [0, 0.1) is 28.6 Å². The molecule has 6 atom stereocenters. The molecule has 0 aromatic heterocycles. The number of carbonyl (C=O) groups is 2. The third-order valence-corrected chi connectivity index (χ3v) is 8.10. The van der Waals surface area contributed by atoms with E-state index in [1.807, 2.05) is 0 Å². The van der Waals surface area contributed by atoms with Crippen LogP contribution in [0.4, 0.5) is 0 Å². The Morgan fingerprint density at radius 1 is 1.12 bits per heavy atom. The van der Waals surface area contributed by atoms with Crippen LogP contribution in [-0.2, 0) is 14.3 Å². The van der Waals surface area contributed by atoms with Crippen LogP contribution in [0.5, 0.6) is 0 Å². The summed E-state index contributed by atoms with van der Waals surface area (Å²) in [5.74, 6) is 2.33. The van der Waals surface area contributed by atoms with Crippen LogP contribution in [0.25, 0.3) is 0 Å². The summed E-state index contributed by atoms with van der Waals surface area (Å²) >= 11 is 0. The van der Waals surface area contributed by atoms with Gasteiger partial charge in [0.2, 0.25) is 0 Å². The minimum atomic E-state index is -0.157. The molecular formula is C21H30O3. The van der Waals surface area contributed by atoms with Gasteiger partial charge in [0, 0.05) is 25.2 Å². The van der Waals surface area contributed by atoms with E-state index >= 15 is 0 Å². The molecule has 24 heavy (non-hydrogen) atoms. The average Bonchev–Trinajstić information content (AvgIpc) is 2.83. The maximum Gasteiger partial charge on any atom is 0.302 e. The van der Waals surface area contributed by atoms with Crippen molar-refractivity contribution < 1.29 is 14.3 Å². The van der Waals surface area contributed by atoms with Crippen LogP contribution in [0.2, 0.25) is 0 Å². The summed E-state index contributed by atoms with van der Waals surface area (Å²) in [5.41, 5.74) is 1.74. The van der Waals surface area contributed by atoms with E-state index in [0.29, 0.717) is 23.5 Å². The smallest absolute Gasteiger partial charge is 0.302 e. The second-order valence-electron chi connectivity index (χ2n) is 9.15. The molecule has 0 heterocycles. The van der Waals surface area contributed by atoms with E-state index in [-0.39, 0.29) is 22.9 Å². The molecule has 0 N–H and O–H groups in total. The molecule has 4 aliphatic rings. The summed E-state index contributed by atoms with van der Waals surface area (Å²) < 4.78 is 5.50. The fourth-order valence-electron chi connectivity index (χ4n) is 6.73. The van der Waals surface area contributed by atoms with E-state index in [1.165, 1.54) is 18.9 Å². The van der Waals surface area contributed by atoms with Crippen LogP contribution in [0.1, 0.15) is 72.1 Å². The Bertz CT molecular complexity index is 606. The van der Waals surface area contributed by atoms with Gasteiger partial charge in [-0.3, -0.25) is 9.59 Å². The largest absolute Gasteiger partial charge is 0.462 e. The molecule has 0 aromatic carbocycles. The van der Waals surface area contributed by atoms with E-state index in [0.717, 1.165) is 44.9 Å². The zero-order valence-corrected chi connectivity index (χ0v) is 15.3. The normalized spacial score (nSPS) is 47.3. The molecule has 0 aromatic rings. The second kappa shape index (κ2) is 5.44. The molecular weight excluding hydrogens is 300 g/mol. The van der Waals surface area contributed by atoms with E-state index < -0.39 is 0 Å². The summed E-state index contributed by atoms with van der Waals surface area (Å²) in [6, 6.07) is 0. The van der Waals surface area contributed by atoms with E-state index in [9.17, 15) is 9.59 Å². The van der Waals surface area contributed by atoms with Gasteiger partial charge in [-0.2, -0.15) is 0 Å². The minimum Gasteiger partial charge on any atom is -0.462 e. The molecule has 0 amide bonds. The number of hydrogen-bond donors (Lipinski definition) is 0. The molecule has 4 rings (SSSR count). The number of hydrogen-bond acceptors (Lipinski definition) is 3. The zero-order chi connectivity index (χ0) is 17.1. The Kier molecular flexibility index (Phi) is 3.71. The molecule has 0 aliphatic heterocycles. The van der Waals surface area contributed by atoms with Crippen molar-refractivity contribution in [2.75, 3.05) is 0 Å². The van der Waals surface area contributed by atoms with Crippen molar-refractivity contribution in [3.63, 3.8) is 0 Å². The van der Waals surface area contributed by atoms with Crippen LogP contribution in [-0.4, -0.2) is 17.9 Å². The summed E-state index contributed by atoms with van der Waals surface area (Å²) in [6.07, 6.45) is 10.8. The molecule has 0 unspecified atom stereocenters. The Balaban J connectivity index is 1.60. The first-order valence-corrected chi connectivity index (χ1v) is 9.74. The first kappa shape index (κ1) is 16.4. The van der Waals surface area contributed by atoms with Crippen molar-refractivity contribution >= 4 is 11.8 Å². The number of allylic oxidation sites excluding steroid dienone is 1. The molecule has 132 valence electrons. The highest BCUT2D eigenvalue weighted by molar-refractivity contribution is 5.87. The van der Waals surface area contributed by atoms with Crippen molar-refractivity contribution in [2.45, 2.75) is 78.2 Å². The van der Waals surface area contributed by atoms with Crippen LogP contribution in [0.3, 0.4) is 0 Å². The van der Waals surface area contributed by atoms with E-state index in [4.69, 9.17) is 4.74 Å². The van der Waals surface area contributed by atoms with Crippen molar-refractivity contribution in [1.82, 2.24) is 0 Å². The van der Waals surface area contributed by atoms with Gasteiger partial charge in [0.1, 0.15) is 11.9 Å². The summed E-state index contributed by atoms with van der Waals surface area (Å²) in [4.78, 5) is 23.7. The SMILES string of the molecule is CC(=O)O[C@H]1CC[C@@]2(C)C(=CC[C@H]3[C@@H]4CCC(=O)[C@]4(C)CC[C@@H]32)C1. The summed E-state index contributed by atoms with van der Waals surface area (Å²) in [7, 11) is 0. The molecule has 0 spiro atoms. The third kappa shape index (κ3) is 2.23. The predicted molar refractivity (Wildman–Crippen MR) is 92.3 cm³/mol. The maximum absolute atomic E-state index is 12.4. The lowest BCUT2D eigenvalue weighted by Crippen LogP contribution is -2.50. The van der Waals surface area contributed by atoms with Gasteiger partial charge < -0.3 is 4.74 Å². The number of esters is 1. The number of ether oxygens (including phenoxy) is 1. The quantitative estimate of drug-likeness (QED) is 0.527. The summed E-state index contributed by atoms with van der Waals surface area (Å²) in [5, 5.41) is 0. The molecule has 0 bridgehead atoms. The van der Waals surface area contributed by atoms with Gasteiger partial charge in [0.05, 0.1) is 0 Å². The Hall–Kier alpha value is -1.12. The van der Waals surface area contributed by atoms with Crippen molar-refractivity contribution in [1.29, 1.82) is 0 Å². The van der Waals surface area contributed by atoms with Gasteiger partial charge in [0.25, 0.3) is 0 Å². The molecule has 0 saturated heterocycles. The predicted octanol–water partition coefficient (Wildman–Crippen LogP) is 4.45. The van der Waals surface area contributed by atoms with Crippen molar-refractivity contribution in [3.8, 4) is 0 Å². The van der Waals surface area contributed by atoms with Gasteiger partial charge in [-0.05, 0) is 61.7 Å². The topological polar surface area (TPSA) is 43.4 Å². The number of carbonyl (C=O) groups excluding carboxylic acids is 2. The lowest BCUT2D eigenvalue weighted by Gasteiger charge is -2.56. The number of rotatable bonds is 1. The molecule has 4 aliphatic carbocycles. The number of Topliss-reactive ketones (excluding diaryl/α,β-unsaturated/α-hetero) is 1. The fraction of sp³-hybridized carbons (Fsp3) is 0.810. The lowest BCUT2D eigenvalue weighted by molar-refractivity contribution is -0.148. The van der Waals surface area contributed by atoms with Gasteiger partial charge in [-0.15, -0.1) is 0 Å². The van der Waals surface area contributed by atoms with Crippen LogP contribution >= 0.6 is 0 Å². The number of ketones is 1. The highest BCUT2D eigenvalue weighted by atomic mass is 16.5. The van der Waals surface area contributed by atoms with Crippen molar-refractivity contribution in [3.05, 3.63) is 11.6 Å². The van der Waals surface area contributed by atoms with Gasteiger partial charge in [0.15, 0.2) is 0 Å². The highest BCUT2D eigenvalue weighted by Crippen LogP contribution is 2.64. The van der Waals surface area contributed by atoms with Crippen molar-refractivity contribution in [2.24, 2.45) is 28.6 Å². The van der Waals surface area contributed by atoms with Gasteiger partial charge in [-0.25, -0.2) is 0 Å². The zero-order valence-electron chi connectivity index (χ0n) is 15.3. The maximum atomic E-state index is 12.4. The first-order valence-electron chi connectivity index (χ1n) is 9.74. The lowest BCUT2D eigenvalue weighted by atomic mass is 9.48. The van der Waals surface area contributed by atoms with E-state index in [1.54, 1.807) is 0 Å². The average molecular weight is 330 g/mol. The molecule has 3 saturated carbocycles. The van der Waals surface area contributed by atoms with Gasteiger partial charge in [-0.1, -0.05) is 25.5 Å². The van der Waals surface area contributed by atoms with Crippen LogP contribution < -0.4 is 0 Å².